The predicted molar refractivity (Wildman–Crippen MR) is 83.9 cm³/mol. The van der Waals surface area contributed by atoms with E-state index in [9.17, 15) is 9.18 Å². The summed E-state index contributed by atoms with van der Waals surface area (Å²) < 4.78 is 13.6. The Labute approximate surface area is 125 Å². The lowest BCUT2D eigenvalue weighted by Crippen LogP contribution is -2.21. The van der Waals surface area contributed by atoms with Crippen molar-refractivity contribution in [2.75, 3.05) is 14.1 Å². The van der Waals surface area contributed by atoms with E-state index in [1.54, 1.807) is 20.2 Å². The highest BCUT2D eigenvalue weighted by molar-refractivity contribution is 5.95. The largest absolute Gasteiger partial charge is 0.345 e. The van der Waals surface area contributed by atoms with E-state index in [4.69, 9.17) is 0 Å². The Morgan fingerprint density at radius 2 is 1.81 bits per heavy atom. The Morgan fingerprint density at radius 3 is 2.43 bits per heavy atom. The molecular weight excluding hydrogens is 265 g/mol. The standard InChI is InChI=1S/C18H20FNO/c1-12(2)16-9-8-15(19)11-17(16)13-6-5-7-14(10-13)18(21)20(3)4/h5-12H,1-4H3. The minimum atomic E-state index is -0.265. The van der Waals surface area contributed by atoms with Gasteiger partial charge in [0.2, 0.25) is 0 Å². The molecule has 0 heterocycles. The van der Waals surface area contributed by atoms with Crippen molar-refractivity contribution in [1.29, 1.82) is 0 Å². The highest BCUT2D eigenvalue weighted by Crippen LogP contribution is 2.30. The molecule has 2 rings (SSSR count). The second-order valence-corrected chi connectivity index (χ2v) is 5.67. The molecule has 0 saturated carbocycles. The van der Waals surface area contributed by atoms with Crippen molar-refractivity contribution in [3.8, 4) is 11.1 Å². The van der Waals surface area contributed by atoms with E-state index < -0.39 is 0 Å². The fourth-order valence-corrected chi connectivity index (χ4v) is 2.36. The van der Waals surface area contributed by atoms with Crippen LogP contribution in [0.4, 0.5) is 4.39 Å². The third-order valence-corrected chi connectivity index (χ3v) is 3.46. The molecular formula is C18H20FNO. The van der Waals surface area contributed by atoms with Gasteiger partial charge in [0.1, 0.15) is 5.82 Å². The minimum Gasteiger partial charge on any atom is -0.345 e. The van der Waals surface area contributed by atoms with Gasteiger partial charge in [-0.3, -0.25) is 4.79 Å². The molecule has 0 aliphatic carbocycles. The number of rotatable bonds is 3. The molecule has 0 aliphatic heterocycles. The molecule has 2 aromatic rings. The zero-order valence-corrected chi connectivity index (χ0v) is 12.9. The van der Waals surface area contributed by atoms with Crippen molar-refractivity contribution in [3.63, 3.8) is 0 Å². The molecule has 0 aromatic heterocycles. The van der Waals surface area contributed by atoms with Crippen LogP contribution in [0.5, 0.6) is 0 Å². The molecule has 0 N–H and O–H groups in total. The van der Waals surface area contributed by atoms with Crippen LogP contribution in [0.15, 0.2) is 42.5 Å². The van der Waals surface area contributed by atoms with Gasteiger partial charge < -0.3 is 4.90 Å². The van der Waals surface area contributed by atoms with Crippen LogP contribution in [0.25, 0.3) is 11.1 Å². The summed E-state index contributed by atoms with van der Waals surface area (Å²) in [6.07, 6.45) is 0. The highest BCUT2D eigenvalue weighted by atomic mass is 19.1. The number of halogens is 1. The lowest BCUT2D eigenvalue weighted by atomic mass is 9.91. The first-order valence-electron chi connectivity index (χ1n) is 7.01. The fourth-order valence-electron chi connectivity index (χ4n) is 2.36. The van der Waals surface area contributed by atoms with E-state index >= 15 is 0 Å². The van der Waals surface area contributed by atoms with E-state index in [1.807, 2.05) is 24.3 Å². The van der Waals surface area contributed by atoms with Crippen molar-refractivity contribution in [2.45, 2.75) is 19.8 Å². The van der Waals surface area contributed by atoms with Gasteiger partial charge in [-0.1, -0.05) is 32.0 Å². The first-order valence-corrected chi connectivity index (χ1v) is 7.01. The van der Waals surface area contributed by atoms with Crippen LogP contribution in [-0.2, 0) is 0 Å². The molecule has 0 unspecified atom stereocenters. The maximum atomic E-state index is 13.6. The van der Waals surface area contributed by atoms with Gasteiger partial charge in [0.25, 0.3) is 5.91 Å². The molecule has 2 aromatic carbocycles. The van der Waals surface area contributed by atoms with E-state index in [1.165, 1.54) is 17.0 Å². The smallest absolute Gasteiger partial charge is 0.253 e. The normalized spacial score (nSPS) is 10.8. The molecule has 3 heteroatoms. The number of benzene rings is 2. The zero-order valence-electron chi connectivity index (χ0n) is 12.9. The van der Waals surface area contributed by atoms with Crippen molar-refractivity contribution in [1.82, 2.24) is 4.90 Å². The van der Waals surface area contributed by atoms with Gasteiger partial charge >= 0.3 is 0 Å². The van der Waals surface area contributed by atoms with Gasteiger partial charge in [-0.25, -0.2) is 4.39 Å². The van der Waals surface area contributed by atoms with Crippen molar-refractivity contribution in [2.24, 2.45) is 0 Å². The van der Waals surface area contributed by atoms with Gasteiger partial charge in [0.05, 0.1) is 0 Å². The maximum absolute atomic E-state index is 13.6. The van der Waals surface area contributed by atoms with Crippen LogP contribution in [0.1, 0.15) is 35.7 Å². The van der Waals surface area contributed by atoms with Crippen LogP contribution < -0.4 is 0 Å². The molecule has 0 bridgehead atoms. The van der Waals surface area contributed by atoms with Gasteiger partial charge in [0, 0.05) is 19.7 Å². The van der Waals surface area contributed by atoms with E-state index in [0.717, 1.165) is 16.7 Å². The molecule has 0 saturated heterocycles. The lowest BCUT2D eigenvalue weighted by Gasteiger charge is -2.15. The van der Waals surface area contributed by atoms with Crippen molar-refractivity contribution < 1.29 is 9.18 Å². The van der Waals surface area contributed by atoms with Crippen LogP contribution in [-0.4, -0.2) is 24.9 Å². The molecule has 1 amide bonds. The molecule has 0 fully saturated rings. The quantitative estimate of drug-likeness (QED) is 0.822. The highest BCUT2D eigenvalue weighted by Gasteiger charge is 2.13. The SMILES string of the molecule is CC(C)c1ccc(F)cc1-c1cccc(C(=O)N(C)C)c1. The summed E-state index contributed by atoms with van der Waals surface area (Å²) in [6.45, 7) is 4.15. The van der Waals surface area contributed by atoms with Gasteiger partial charge in [-0.2, -0.15) is 0 Å². The van der Waals surface area contributed by atoms with Gasteiger partial charge in [-0.15, -0.1) is 0 Å². The number of carbonyl (C=O) groups excluding carboxylic acids is 1. The van der Waals surface area contributed by atoms with Crippen molar-refractivity contribution >= 4 is 5.91 Å². The number of nitrogens with zero attached hydrogens (tertiary/aromatic N) is 1. The Kier molecular flexibility index (Phi) is 4.41. The second kappa shape index (κ2) is 6.08. The third-order valence-electron chi connectivity index (χ3n) is 3.46. The van der Waals surface area contributed by atoms with E-state index in [-0.39, 0.29) is 17.6 Å². The average molecular weight is 285 g/mol. The first-order chi connectivity index (χ1) is 9.90. The van der Waals surface area contributed by atoms with Crippen LogP contribution in [0, 0.1) is 5.82 Å². The summed E-state index contributed by atoms with van der Waals surface area (Å²) in [5.41, 5.74) is 3.40. The number of hydrogen-bond acceptors (Lipinski definition) is 1. The molecule has 0 radical (unpaired) electrons. The Hall–Kier alpha value is -2.16. The molecule has 2 nitrogen and oxygen atoms in total. The summed E-state index contributed by atoms with van der Waals surface area (Å²) in [7, 11) is 3.44. The Bertz CT molecular complexity index is 662. The van der Waals surface area contributed by atoms with Crippen LogP contribution in [0.2, 0.25) is 0 Å². The van der Waals surface area contributed by atoms with E-state index in [0.29, 0.717) is 5.56 Å². The summed E-state index contributed by atoms with van der Waals surface area (Å²) in [5.74, 6) is -0.0353. The molecule has 21 heavy (non-hydrogen) atoms. The fraction of sp³-hybridized carbons (Fsp3) is 0.278. The lowest BCUT2D eigenvalue weighted by molar-refractivity contribution is 0.0827. The molecule has 0 aliphatic rings. The number of amides is 1. The average Bonchev–Trinajstić information content (AvgIpc) is 2.46. The summed E-state index contributed by atoms with van der Waals surface area (Å²) in [6, 6.07) is 12.2. The third kappa shape index (κ3) is 3.30. The number of hydrogen-bond donors (Lipinski definition) is 0. The maximum Gasteiger partial charge on any atom is 0.253 e. The van der Waals surface area contributed by atoms with Crippen molar-refractivity contribution in [3.05, 3.63) is 59.4 Å². The van der Waals surface area contributed by atoms with E-state index in [2.05, 4.69) is 13.8 Å². The monoisotopic (exact) mass is 285 g/mol. The topological polar surface area (TPSA) is 20.3 Å². The zero-order chi connectivity index (χ0) is 15.6. The van der Waals surface area contributed by atoms with Gasteiger partial charge in [-0.05, 0) is 46.9 Å². The predicted octanol–water partition coefficient (Wildman–Crippen LogP) is 4.32. The minimum absolute atomic E-state index is 0.0562. The first kappa shape index (κ1) is 15.2. The molecule has 110 valence electrons. The summed E-state index contributed by atoms with van der Waals surface area (Å²) in [5, 5.41) is 0. The molecule has 0 spiro atoms. The number of carbonyl (C=O) groups is 1. The van der Waals surface area contributed by atoms with Crippen LogP contribution in [0.3, 0.4) is 0 Å². The molecule has 0 atom stereocenters. The Morgan fingerprint density at radius 1 is 1.10 bits per heavy atom. The second-order valence-electron chi connectivity index (χ2n) is 5.67. The van der Waals surface area contributed by atoms with Crippen LogP contribution >= 0.6 is 0 Å². The summed E-state index contributed by atoms with van der Waals surface area (Å²) in [4.78, 5) is 13.6. The Balaban J connectivity index is 2.55. The van der Waals surface area contributed by atoms with Gasteiger partial charge in [0.15, 0.2) is 0 Å². The summed E-state index contributed by atoms with van der Waals surface area (Å²) >= 11 is 0.